The number of ether oxygens (including phenoxy) is 1. The van der Waals surface area contributed by atoms with Gasteiger partial charge in [0.1, 0.15) is 5.75 Å². The zero-order valence-electron chi connectivity index (χ0n) is 17.7. The summed E-state index contributed by atoms with van der Waals surface area (Å²) in [5.41, 5.74) is 5.91. The van der Waals surface area contributed by atoms with E-state index < -0.39 is 0 Å². The van der Waals surface area contributed by atoms with Gasteiger partial charge in [-0.3, -0.25) is 9.59 Å². The molecule has 0 spiro atoms. The molecule has 0 aromatic heterocycles. The molecule has 30 heavy (non-hydrogen) atoms. The van der Waals surface area contributed by atoms with Crippen LogP contribution >= 0.6 is 0 Å². The number of likely N-dealkylation sites (tertiary alicyclic amines) is 1. The molecule has 0 atom stereocenters. The molecule has 0 unspecified atom stereocenters. The molecule has 2 aromatic carbocycles. The summed E-state index contributed by atoms with van der Waals surface area (Å²) in [4.78, 5) is 26.3. The maximum Gasteiger partial charge on any atom is 0.271 e. The summed E-state index contributed by atoms with van der Waals surface area (Å²) >= 11 is 0. The summed E-state index contributed by atoms with van der Waals surface area (Å²) in [6.45, 7) is 5.61. The number of hydrazone groups is 1. The van der Waals surface area contributed by atoms with Gasteiger partial charge in [-0.2, -0.15) is 5.10 Å². The average molecular weight is 408 g/mol. The molecule has 1 N–H and O–H groups in total. The van der Waals surface area contributed by atoms with Gasteiger partial charge in [0.25, 0.3) is 11.8 Å². The average Bonchev–Trinajstić information content (AvgIpc) is 2.81. The van der Waals surface area contributed by atoms with Crippen molar-refractivity contribution in [3.8, 4) is 5.75 Å². The number of benzene rings is 2. The highest BCUT2D eigenvalue weighted by Gasteiger charge is 2.16. The number of carbonyl (C=O) groups excluding carboxylic acids is 2. The van der Waals surface area contributed by atoms with Crippen molar-refractivity contribution < 1.29 is 14.3 Å². The Hall–Kier alpha value is -3.15. The summed E-state index contributed by atoms with van der Waals surface area (Å²) in [5.74, 6) is 0.427. The molecule has 1 fully saturated rings. The van der Waals surface area contributed by atoms with Crippen LogP contribution in [0.15, 0.2) is 53.6 Å². The highest BCUT2D eigenvalue weighted by Crippen LogP contribution is 2.14. The Kier molecular flexibility index (Phi) is 7.60. The van der Waals surface area contributed by atoms with E-state index in [0.29, 0.717) is 17.0 Å². The fourth-order valence-electron chi connectivity index (χ4n) is 3.33. The zero-order chi connectivity index (χ0) is 21.3. The summed E-state index contributed by atoms with van der Waals surface area (Å²) in [5, 5.41) is 4.19. The third kappa shape index (κ3) is 5.92. The lowest BCUT2D eigenvalue weighted by molar-refractivity contribution is -0.134. The maximum atomic E-state index is 12.2. The molecule has 0 radical (unpaired) electrons. The Morgan fingerprint density at radius 1 is 0.967 bits per heavy atom. The summed E-state index contributed by atoms with van der Waals surface area (Å²) in [7, 11) is 0. The predicted octanol–water partition coefficient (Wildman–Crippen LogP) is 3.79. The maximum absolute atomic E-state index is 12.2. The van der Waals surface area contributed by atoms with E-state index in [4.69, 9.17) is 4.74 Å². The van der Waals surface area contributed by atoms with Crippen molar-refractivity contribution in [1.82, 2.24) is 10.3 Å². The minimum Gasteiger partial charge on any atom is -0.484 e. The third-order valence-corrected chi connectivity index (χ3v) is 5.29. The molecule has 2 amide bonds. The monoisotopic (exact) mass is 407 g/mol. The molecule has 1 aliphatic heterocycles. The van der Waals surface area contributed by atoms with Crippen molar-refractivity contribution in [3.63, 3.8) is 0 Å². The van der Waals surface area contributed by atoms with Crippen LogP contribution in [0.5, 0.6) is 5.75 Å². The van der Waals surface area contributed by atoms with Gasteiger partial charge in [-0.05, 0) is 80.1 Å². The number of hydrogen-bond donors (Lipinski definition) is 1. The van der Waals surface area contributed by atoms with Gasteiger partial charge < -0.3 is 9.64 Å². The zero-order valence-corrected chi connectivity index (χ0v) is 17.7. The lowest BCUT2D eigenvalue weighted by Crippen LogP contribution is -2.38. The second kappa shape index (κ2) is 10.6. The molecule has 6 nitrogen and oxygen atoms in total. The molecule has 3 rings (SSSR count). The van der Waals surface area contributed by atoms with Gasteiger partial charge >= 0.3 is 0 Å². The van der Waals surface area contributed by atoms with E-state index in [2.05, 4.69) is 17.5 Å². The number of amides is 2. The van der Waals surface area contributed by atoms with Gasteiger partial charge in [-0.25, -0.2) is 5.43 Å². The first kappa shape index (κ1) is 21.6. The van der Waals surface area contributed by atoms with Crippen LogP contribution in [0.3, 0.4) is 0 Å². The number of nitrogens with one attached hydrogen (secondary N) is 1. The second-order valence-electron chi connectivity index (χ2n) is 7.44. The molecule has 0 aliphatic carbocycles. The Morgan fingerprint density at radius 3 is 2.23 bits per heavy atom. The van der Waals surface area contributed by atoms with Crippen LogP contribution in [0.4, 0.5) is 0 Å². The number of rotatable bonds is 7. The SMILES string of the molecule is CCc1ccc(C(=O)N/N=C(/C)c2ccc(OCC(=O)N3CCCCC3)cc2)cc1. The minimum atomic E-state index is -0.242. The van der Waals surface area contributed by atoms with E-state index in [1.165, 1.54) is 12.0 Å². The fraction of sp³-hybridized carbons (Fsp3) is 0.375. The Bertz CT molecular complexity index is 883. The molecule has 2 aromatic rings. The van der Waals surface area contributed by atoms with Crippen LogP contribution in [-0.2, 0) is 11.2 Å². The van der Waals surface area contributed by atoms with E-state index in [9.17, 15) is 9.59 Å². The number of nitrogens with zero attached hydrogens (tertiary/aromatic N) is 2. The quantitative estimate of drug-likeness (QED) is 0.561. The Labute approximate surface area is 177 Å². The van der Waals surface area contributed by atoms with Crippen LogP contribution in [0.25, 0.3) is 0 Å². The van der Waals surface area contributed by atoms with Crippen LogP contribution in [0.1, 0.15) is 54.6 Å². The summed E-state index contributed by atoms with van der Waals surface area (Å²) < 4.78 is 5.63. The van der Waals surface area contributed by atoms with Gasteiger partial charge in [-0.15, -0.1) is 0 Å². The molecule has 1 aliphatic rings. The molecule has 158 valence electrons. The van der Waals surface area contributed by atoms with E-state index in [0.717, 1.165) is 37.9 Å². The van der Waals surface area contributed by atoms with Crippen molar-refractivity contribution in [1.29, 1.82) is 0 Å². The first-order valence-electron chi connectivity index (χ1n) is 10.5. The van der Waals surface area contributed by atoms with Crippen LogP contribution < -0.4 is 10.2 Å². The highest BCUT2D eigenvalue weighted by molar-refractivity contribution is 6.00. The standard InChI is InChI=1S/C24H29N3O3/c1-3-19-7-9-21(10-8-19)24(29)26-25-18(2)20-11-13-22(14-12-20)30-17-23(28)27-15-5-4-6-16-27/h7-14H,3-6,15-17H2,1-2H3,(H,26,29)/b25-18-. The lowest BCUT2D eigenvalue weighted by atomic mass is 10.1. The summed E-state index contributed by atoms with van der Waals surface area (Å²) in [6, 6.07) is 14.8. The van der Waals surface area contributed by atoms with E-state index in [-0.39, 0.29) is 18.4 Å². The van der Waals surface area contributed by atoms with Crippen molar-refractivity contribution in [3.05, 3.63) is 65.2 Å². The first-order chi connectivity index (χ1) is 14.6. The topological polar surface area (TPSA) is 71.0 Å². The normalized spacial score (nSPS) is 14.3. The number of aryl methyl sites for hydroxylation is 1. The molecule has 0 bridgehead atoms. The number of carbonyl (C=O) groups is 2. The molecule has 6 heteroatoms. The molecular formula is C24H29N3O3. The van der Waals surface area contributed by atoms with Crippen molar-refractivity contribution in [2.45, 2.75) is 39.5 Å². The molecule has 1 heterocycles. The first-order valence-corrected chi connectivity index (χ1v) is 10.5. The van der Waals surface area contributed by atoms with E-state index in [1.807, 2.05) is 48.2 Å². The Balaban J connectivity index is 1.51. The molecule has 1 saturated heterocycles. The Morgan fingerprint density at radius 2 is 1.60 bits per heavy atom. The van der Waals surface area contributed by atoms with Gasteiger partial charge in [0, 0.05) is 18.7 Å². The van der Waals surface area contributed by atoms with Gasteiger partial charge in [0.15, 0.2) is 6.61 Å². The second-order valence-corrected chi connectivity index (χ2v) is 7.44. The van der Waals surface area contributed by atoms with Gasteiger partial charge in [0.05, 0.1) is 5.71 Å². The van der Waals surface area contributed by atoms with Crippen LogP contribution in [-0.4, -0.2) is 42.1 Å². The largest absolute Gasteiger partial charge is 0.484 e. The predicted molar refractivity (Wildman–Crippen MR) is 118 cm³/mol. The van der Waals surface area contributed by atoms with Crippen molar-refractivity contribution >= 4 is 17.5 Å². The molecular weight excluding hydrogens is 378 g/mol. The highest BCUT2D eigenvalue weighted by atomic mass is 16.5. The van der Waals surface area contributed by atoms with Gasteiger partial charge in [0.2, 0.25) is 0 Å². The third-order valence-electron chi connectivity index (χ3n) is 5.29. The molecule has 0 saturated carbocycles. The van der Waals surface area contributed by atoms with Crippen LogP contribution in [0.2, 0.25) is 0 Å². The van der Waals surface area contributed by atoms with Crippen LogP contribution in [0, 0.1) is 0 Å². The van der Waals surface area contributed by atoms with Gasteiger partial charge in [-0.1, -0.05) is 19.1 Å². The minimum absolute atomic E-state index is 0.0335. The summed E-state index contributed by atoms with van der Waals surface area (Å²) in [6.07, 6.45) is 4.27. The van der Waals surface area contributed by atoms with E-state index >= 15 is 0 Å². The number of hydrogen-bond acceptors (Lipinski definition) is 4. The number of piperidine rings is 1. The smallest absolute Gasteiger partial charge is 0.271 e. The lowest BCUT2D eigenvalue weighted by Gasteiger charge is -2.26. The van der Waals surface area contributed by atoms with Crippen molar-refractivity contribution in [2.24, 2.45) is 5.10 Å². The fourth-order valence-corrected chi connectivity index (χ4v) is 3.33. The van der Waals surface area contributed by atoms with E-state index in [1.54, 1.807) is 12.1 Å². The van der Waals surface area contributed by atoms with Crippen molar-refractivity contribution in [2.75, 3.05) is 19.7 Å².